The number of carbonyl (C=O) groups is 1. The van der Waals surface area contributed by atoms with E-state index in [1.807, 2.05) is 0 Å². The van der Waals surface area contributed by atoms with Crippen LogP contribution in [-0.4, -0.2) is 44.8 Å². The van der Waals surface area contributed by atoms with Crippen LogP contribution in [0.3, 0.4) is 0 Å². The molecule has 0 radical (unpaired) electrons. The van der Waals surface area contributed by atoms with Crippen LogP contribution in [-0.2, 0) is 24.1 Å². The average molecular weight is 317 g/mol. The molecule has 0 saturated carbocycles. The largest absolute Gasteiger partial charge is 0.396 e. The maximum absolute atomic E-state index is 12.7. The molecule has 2 saturated heterocycles. The molecule has 4 rings (SSSR count). The molecule has 0 aromatic carbocycles. The highest BCUT2D eigenvalue weighted by atomic mass is 16.3. The summed E-state index contributed by atoms with van der Waals surface area (Å²) in [6, 6.07) is 0.734. The summed E-state index contributed by atoms with van der Waals surface area (Å²) in [4.78, 5) is 14.9. The minimum Gasteiger partial charge on any atom is -0.396 e. The van der Waals surface area contributed by atoms with Gasteiger partial charge in [-0.25, -0.2) is 0 Å². The van der Waals surface area contributed by atoms with Gasteiger partial charge in [0.2, 0.25) is 5.91 Å². The fraction of sp³-hybridized carbons (Fsp3) is 0.778. The Labute approximate surface area is 137 Å². The van der Waals surface area contributed by atoms with Crippen molar-refractivity contribution in [1.29, 1.82) is 0 Å². The molecule has 3 atom stereocenters. The van der Waals surface area contributed by atoms with Gasteiger partial charge >= 0.3 is 0 Å². The van der Waals surface area contributed by atoms with E-state index in [9.17, 15) is 9.90 Å². The molecular formula is C18H27N3O2. The van der Waals surface area contributed by atoms with Crippen molar-refractivity contribution < 1.29 is 9.90 Å². The number of aromatic nitrogens is 2. The van der Waals surface area contributed by atoms with Gasteiger partial charge in [-0.1, -0.05) is 0 Å². The molecule has 1 aromatic heterocycles. The molecule has 126 valence electrons. The number of fused-ring (bicyclic) bond motifs is 3. The van der Waals surface area contributed by atoms with E-state index in [4.69, 9.17) is 0 Å². The van der Waals surface area contributed by atoms with E-state index in [1.165, 1.54) is 24.1 Å². The van der Waals surface area contributed by atoms with Gasteiger partial charge in [0, 0.05) is 37.2 Å². The molecule has 1 unspecified atom stereocenters. The van der Waals surface area contributed by atoms with Crippen LogP contribution in [0, 0.1) is 5.92 Å². The van der Waals surface area contributed by atoms with E-state index >= 15 is 0 Å². The topological polar surface area (TPSA) is 69.2 Å². The highest BCUT2D eigenvalue weighted by Gasteiger charge is 2.42. The normalized spacial score (nSPS) is 29.6. The highest BCUT2D eigenvalue weighted by Crippen LogP contribution is 2.39. The van der Waals surface area contributed by atoms with Crippen LogP contribution in [0.5, 0.6) is 0 Å². The molecule has 2 aliphatic heterocycles. The summed E-state index contributed by atoms with van der Waals surface area (Å²) in [7, 11) is 0. The lowest BCUT2D eigenvalue weighted by Crippen LogP contribution is -2.47. The van der Waals surface area contributed by atoms with Crippen LogP contribution < -0.4 is 0 Å². The number of aryl methyl sites for hydroxylation is 2. The Hall–Kier alpha value is -1.36. The molecule has 2 bridgehead atoms. The third-order valence-corrected chi connectivity index (χ3v) is 6.09. The zero-order valence-electron chi connectivity index (χ0n) is 13.8. The van der Waals surface area contributed by atoms with E-state index in [1.54, 1.807) is 0 Å². The van der Waals surface area contributed by atoms with E-state index in [-0.39, 0.29) is 6.61 Å². The number of aromatic amines is 1. The zero-order chi connectivity index (χ0) is 15.8. The van der Waals surface area contributed by atoms with Gasteiger partial charge in [-0.2, -0.15) is 5.10 Å². The molecule has 0 spiro atoms. The molecule has 1 aromatic rings. The maximum atomic E-state index is 12.7. The van der Waals surface area contributed by atoms with Gasteiger partial charge in [-0.05, 0) is 62.8 Å². The van der Waals surface area contributed by atoms with E-state index < -0.39 is 0 Å². The molecule has 1 aliphatic carbocycles. The molecule has 5 heteroatoms. The van der Waals surface area contributed by atoms with Gasteiger partial charge in [-0.3, -0.25) is 9.89 Å². The van der Waals surface area contributed by atoms with Crippen LogP contribution in [0.1, 0.15) is 61.9 Å². The van der Waals surface area contributed by atoms with Crippen molar-refractivity contribution in [2.45, 2.75) is 76.3 Å². The highest BCUT2D eigenvalue weighted by molar-refractivity contribution is 5.77. The molecular weight excluding hydrogens is 290 g/mol. The summed E-state index contributed by atoms with van der Waals surface area (Å²) in [5.74, 6) is 0.691. The lowest BCUT2D eigenvalue weighted by molar-refractivity contribution is -0.136. The second kappa shape index (κ2) is 6.27. The van der Waals surface area contributed by atoms with Gasteiger partial charge in [0.1, 0.15) is 0 Å². The predicted octanol–water partition coefficient (Wildman–Crippen LogP) is 1.98. The monoisotopic (exact) mass is 317 g/mol. The van der Waals surface area contributed by atoms with Gasteiger partial charge in [-0.15, -0.1) is 0 Å². The third-order valence-electron chi connectivity index (χ3n) is 6.09. The molecule has 1 amide bonds. The van der Waals surface area contributed by atoms with Crippen molar-refractivity contribution >= 4 is 5.91 Å². The van der Waals surface area contributed by atoms with Crippen molar-refractivity contribution in [2.75, 3.05) is 6.61 Å². The van der Waals surface area contributed by atoms with E-state index in [0.717, 1.165) is 50.6 Å². The van der Waals surface area contributed by atoms with Crippen molar-refractivity contribution in [1.82, 2.24) is 15.1 Å². The maximum Gasteiger partial charge on any atom is 0.223 e. The van der Waals surface area contributed by atoms with Crippen LogP contribution >= 0.6 is 0 Å². The smallest absolute Gasteiger partial charge is 0.223 e. The van der Waals surface area contributed by atoms with Gasteiger partial charge in [0.15, 0.2) is 0 Å². The first kappa shape index (κ1) is 15.2. The number of aliphatic hydroxyl groups excluding tert-OH is 1. The first-order chi connectivity index (χ1) is 11.3. The van der Waals surface area contributed by atoms with E-state index in [2.05, 4.69) is 15.1 Å². The summed E-state index contributed by atoms with van der Waals surface area (Å²) in [6.07, 6.45) is 10.3. The van der Waals surface area contributed by atoms with Gasteiger partial charge < -0.3 is 10.0 Å². The molecule has 23 heavy (non-hydrogen) atoms. The second-order valence-electron chi connectivity index (χ2n) is 7.54. The predicted molar refractivity (Wildman–Crippen MR) is 87.0 cm³/mol. The fourth-order valence-electron chi connectivity index (χ4n) is 4.96. The van der Waals surface area contributed by atoms with Crippen molar-refractivity contribution in [3.05, 3.63) is 17.0 Å². The number of H-pyrrole nitrogens is 1. The number of carbonyl (C=O) groups excluding carboxylic acids is 1. The Morgan fingerprint density at radius 3 is 2.70 bits per heavy atom. The van der Waals surface area contributed by atoms with E-state index in [0.29, 0.717) is 30.3 Å². The number of nitrogens with zero attached hydrogens (tertiary/aromatic N) is 2. The number of nitrogens with one attached hydrogen (secondary N) is 1. The Balaban J connectivity index is 1.38. The second-order valence-corrected chi connectivity index (χ2v) is 7.54. The van der Waals surface area contributed by atoms with Crippen molar-refractivity contribution in [3.63, 3.8) is 0 Å². The minimum atomic E-state index is 0.272. The SMILES string of the molecule is O=C(CCc1n[nH]c2c1CCCC2)N1[C@@H]2CC[C@H]1CC(CO)C2. The molecule has 5 nitrogen and oxygen atoms in total. The quantitative estimate of drug-likeness (QED) is 0.892. The fourth-order valence-corrected chi connectivity index (χ4v) is 4.96. The third kappa shape index (κ3) is 2.80. The lowest BCUT2D eigenvalue weighted by atomic mass is 9.91. The lowest BCUT2D eigenvalue weighted by Gasteiger charge is -2.38. The Kier molecular flexibility index (Phi) is 4.14. The first-order valence-electron chi connectivity index (χ1n) is 9.23. The number of hydrogen-bond acceptors (Lipinski definition) is 3. The summed E-state index contributed by atoms with van der Waals surface area (Å²) in [5.41, 5.74) is 3.79. The van der Waals surface area contributed by atoms with Gasteiger partial charge in [0.25, 0.3) is 0 Å². The summed E-state index contributed by atoms with van der Waals surface area (Å²) >= 11 is 0. The number of amides is 1. The number of piperidine rings is 1. The first-order valence-corrected chi connectivity index (χ1v) is 9.23. The Morgan fingerprint density at radius 2 is 1.96 bits per heavy atom. The number of rotatable bonds is 4. The number of aliphatic hydroxyl groups is 1. The van der Waals surface area contributed by atoms with Crippen molar-refractivity contribution in [2.24, 2.45) is 5.92 Å². The standard InChI is InChI=1S/C18H27N3O2/c22-11-12-9-13-5-6-14(10-12)21(13)18(23)8-7-17-15-3-1-2-4-16(15)19-20-17/h12-14,22H,1-11H2,(H,19,20)/t12?,13-,14+. The molecule has 3 aliphatic rings. The molecule has 3 heterocycles. The number of hydrogen-bond donors (Lipinski definition) is 2. The summed E-state index contributed by atoms with van der Waals surface area (Å²) in [6.45, 7) is 0.272. The van der Waals surface area contributed by atoms with Crippen molar-refractivity contribution in [3.8, 4) is 0 Å². The minimum absolute atomic E-state index is 0.272. The van der Waals surface area contributed by atoms with Crippen LogP contribution in [0.4, 0.5) is 0 Å². The van der Waals surface area contributed by atoms with Crippen LogP contribution in [0.15, 0.2) is 0 Å². The molecule has 2 N–H and O–H groups in total. The van der Waals surface area contributed by atoms with Crippen LogP contribution in [0.25, 0.3) is 0 Å². The molecule has 2 fully saturated rings. The summed E-state index contributed by atoms with van der Waals surface area (Å²) in [5, 5.41) is 17.0. The Bertz CT molecular complexity index is 569. The van der Waals surface area contributed by atoms with Gasteiger partial charge in [0.05, 0.1) is 5.69 Å². The zero-order valence-corrected chi connectivity index (χ0v) is 13.8. The summed E-state index contributed by atoms with van der Waals surface area (Å²) < 4.78 is 0. The van der Waals surface area contributed by atoms with Crippen LogP contribution in [0.2, 0.25) is 0 Å². The Morgan fingerprint density at radius 1 is 1.22 bits per heavy atom. The average Bonchev–Trinajstić information content (AvgIpc) is 3.11.